The number of aryl methyl sites for hydroxylation is 2. The maximum absolute atomic E-state index is 5.19. The third kappa shape index (κ3) is 2.67. The van der Waals surface area contributed by atoms with Crippen molar-refractivity contribution in [3.05, 3.63) is 40.1 Å². The van der Waals surface area contributed by atoms with Gasteiger partial charge in [0.15, 0.2) is 0 Å². The average Bonchev–Trinajstić information content (AvgIpc) is 2.61. The number of anilines is 1. The van der Waals surface area contributed by atoms with Gasteiger partial charge in [-0.1, -0.05) is 6.07 Å². The molecule has 0 aliphatic carbocycles. The fourth-order valence-corrected chi connectivity index (χ4v) is 2.27. The summed E-state index contributed by atoms with van der Waals surface area (Å²) >= 11 is 3.55. The van der Waals surface area contributed by atoms with Gasteiger partial charge in [0.05, 0.1) is 29.5 Å². The molecule has 0 saturated carbocycles. The molecule has 0 spiro atoms. The average molecular weight is 310 g/mol. The van der Waals surface area contributed by atoms with Crippen LogP contribution < -0.4 is 10.1 Å². The van der Waals surface area contributed by atoms with Gasteiger partial charge in [-0.3, -0.25) is 4.68 Å². The molecule has 18 heavy (non-hydrogen) atoms. The van der Waals surface area contributed by atoms with Crippen molar-refractivity contribution >= 4 is 21.6 Å². The molecule has 0 radical (unpaired) electrons. The number of nitrogens with one attached hydrogen (secondary N) is 1. The van der Waals surface area contributed by atoms with Crippen LogP contribution in [0.25, 0.3) is 0 Å². The molecule has 0 aliphatic rings. The van der Waals surface area contributed by atoms with Gasteiger partial charge in [-0.2, -0.15) is 5.10 Å². The number of hydrogen-bond donors (Lipinski definition) is 1. The van der Waals surface area contributed by atoms with Crippen LogP contribution in [0.15, 0.2) is 28.7 Å². The van der Waals surface area contributed by atoms with Crippen LogP contribution in [0.5, 0.6) is 5.75 Å². The first kappa shape index (κ1) is 13.0. The monoisotopic (exact) mass is 309 g/mol. The van der Waals surface area contributed by atoms with Crippen molar-refractivity contribution < 1.29 is 4.74 Å². The Morgan fingerprint density at radius 3 is 2.83 bits per heavy atom. The molecular weight excluding hydrogens is 294 g/mol. The lowest BCUT2D eigenvalue weighted by atomic mass is 10.3. The van der Waals surface area contributed by atoms with Gasteiger partial charge in [-0.25, -0.2) is 0 Å². The van der Waals surface area contributed by atoms with Gasteiger partial charge in [0.1, 0.15) is 5.75 Å². The first-order valence-electron chi connectivity index (χ1n) is 5.67. The van der Waals surface area contributed by atoms with E-state index in [1.165, 1.54) is 0 Å². The summed E-state index contributed by atoms with van der Waals surface area (Å²) in [5.41, 5.74) is 3.15. The summed E-state index contributed by atoms with van der Waals surface area (Å²) in [7, 11) is 3.61. The number of hydrogen-bond acceptors (Lipinski definition) is 3. The zero-order chi connectivity index (χ0) is 13.1. The van der Waals surface area contributed by atoms with E-state index in [-0.39, 0.29) is 0 Å². The van der Waals surface area contributed by atoms with E-state index in [1.807, 2.05) is 42.9 Å². The zero-order valence-electron chi connectivity index (χ0n) is 10.7. The van der Waals surface area contributed by atoms with Gasteiger partial charge in [-0.15, -0.1) is 0 Å². The molecule has 4 nitrogen and oxygen atoms in total. The standard InChI is InChI=1S/C13H16BrN3O/c1-9-13(14)12(17(2)16-9)8-15-10-5-4-6-11(7-10)18-3/h4-7,15H,8H2,1-3H3. The summed E-state index contributed by atoms with van der Waals surface area (Å²) in [6, 6.07) is 7.87. The number of benzene rings is 1. The summed E-state index contributed by atoms with van der Waals surface area (Å²) in [5.74, 6) is 0.847. The van der Waals surface area contributed by atoms with Gasteiger partial charge >= 0.3 is 0 Å². The summed E-state index contributed by atoms with van der Waals surface area (Å²) in [5, 5.41) is 7.72. The highest BCUT2D eigenvalue weighted by Crippen LogP contribution is 2.22. The van der Waals surface area contributed by atoms with E-state index in [1.54, 1.807) is 7.11 Å². The van der Waals surface area contributed by atoms with Gasteiger partial charge in [0.2, 0.25) is 0 Å². The third-order valence-corrected chi connectivity index (χ3v) is 3.82. The number of ether oxygens (including phenoxy) is 1. The summed E-state index contributed by atoms with van der Waals surface area (Å²) < 4.78 is 8.13. The summed E-state index contributed by atoms with van der Waals surface area (Å²) in [6.45, 7) is 2.70. The highest BCUT2D eigenvalue weighted by atomic mass is 79.9. The molecule has 1 N–H and O–H groups in total. The van der Waals surface area contributed by atoms with Crippen LogP contribution in [0.1, 0.15) is 11.4 Å². The van der Waals surface area contributed by atoms with Crippen molar-refractivity contribution in [2.24, 2.45) is 7.05 Å². The molecule has 1 heterocycles. The second-order valence-corrected chi connectivity index (χ2v) is 4.85. The molecule has 5 heteroatoms. The number of methoxy groups -OCH3 is 1. The molecule has 0 aliphatic heterocycles. The van der Waals surface area contributed by atoms with Crippen molar-refractivity contribution in [2.45, 2.75) is 13.5 Å². The van der Waals surface area contributed by atoms with Gasteiger partial charge in [0, 0.05) is 18.8 Å². The van der Waals surface area contributed by atoms with Gasteiger partial charge < -0.3 is 10.1 Å². The smallest absolute Gasteiger partial charge is 0.120 e. The molecule has 2 aromatic rings. The molecule has 0 fully saturated rings. The SMILES string of the molecule is COc1cccc(NCc2c(Br)c(C)nn2C)c1. The number of aromatic nitrogens is 2. The normalized spacial score (nSPS) is 10.4. The predicted octanol–water partition coefficient (Wildman–Crippen LogP) is 3.11. The van der Waals surface area contributed by atoms with Crippen molar-refractivity contribution in [2.75, 3.05) is 12.4 Å². The molecular formula is C13H16BrN3O. The van der Waals surface area contributed by atoms with Crippen molar-refractivity contribution in [1.29, 1.82) is 0 Å². The zero-order valence-corrected chi connectivity index (χ0v) is 12.3. The van der Waals surface area contributed by atoms with E-state index in [4.69, 9.17) is 4.74 Å². The molecule has 0 unspecified atom stereocenters. The van der Waals surface area contributed by atoms with E-state index in [2.05, 4.69) is 26.3 Å². The molecule has 1 aromatic carbocycles. The second-order valence-electron chi connectivity index (χ2n) is 4.06. The Balaban J connectivity index is 2.11. The summed E-state index contributed by atoms with van der Waals surface area (Å²) in [4.78, 5) is 0. The van der Waals surface area contributed by atoms with Crippen LogP contribution in [-0.4, -0.2) is 16.9 Å². The fourth-order valence-electron chi connectivity index (χ4n) is 1.79. The van der Waals surface area contributed by atoms with Crippen molar-refractivity contribution in [3.63, 3.8) is 0 Å². The lowest BCUT2D eigenvalue weighted by molar-refractivity contribution is 0.415. The van der Waals surface area contributed by atoms with Crippen molar-refractivity contribution in [1.82, 2.24) is 9.78 Å². The van der Waals surface area contributed by atoms with Gasteiger partial charge in [-0.05, 0) is 35.0 Å². The highest BCUT2D eigenvalue weighted by molar-refractivity contribution is 9.10. The van der Waals surface area contributed by atoms with E-state index >= 15 is 0 Å². The van der Waals surface area contributed by atoms with Crippen LogP contribution in [-0.2, 0) is 13.6 Å². The minimum atomic E-state index is 0.713. The van der Waals surface area contributed by atoms with E-state index < -0.39 is 0 Å². The van der Waals surface area contributed by atoms with E-state index in [0.717, 1.165) is 27.3 Å². The van der Waals surface area contributed by atoms with Crippen molar-refractivity contribution in [3.8, 4) is 5.75 Å². The predicted molar refractivity (Wildman–Crippen MR) is 76.0 cm³/mol. The summed E-state index contributed by atoms with van der Waals surface area (Å²) in [6.07, 6.45) is 0. The van der Waals surface area contributed by atoms with Crippen LogP contribution in [0.2, 0.25) is 0 Å². The van der Waals surface area contributed by atoms with E-state index in [0.29, 0.717) is 6.54 Å². The van der Waals surface area contributed by atoms with Gasteiger partial charge in [0.25, 0.3) is 0 Å². The Hall–Kier alpha value is -1.49. The van der Waals surface area contributed by atoms with Crippen LogP contribution in [0, 0.1) is 6.92 Å². The van der Waals surface area contributed by atoms with Crippen LogP contribution in [0.4, 0.5) is 5.69 Å². The molecule has 1 aromatic heterocycles. The third-order valence-electron chi connectivity index (χ3n) is 2.79. The molecule has 0 saturated heterocycles. The lowest BCUT2D eigenvalue weighted by Crippen LogP contribution is -2.06. The van der Waals surface area contributed by atoms with Crippen LogP contribution >= 0.6 is 15.9 Å². The topological polar surface area (TPSA) is 39.1 Å². The first-order chi connectivity index (χ1) is 8.61. The number of nitrogens with zero attached hydrogens (tertiary/aromatic N) is 2. The highest BCUT2D eigenvalue weighted by Gasteiger charge is 2.09. The first-order valence-corrected chi connectivity index (χ1v) is 6.47. The molecule has 0 amide bonds. The molecule has 2 rings (SSSR count). The Bertz CT molecular complexity index is 551. The quantitative estimate of drug-likeness (QED) is 0.943. The lowest BCUT2D eigenvalue weighted by Gasteiger charge is -2.08. The second kappa shape index (κ2) is 5.44. The number of rotatable bonds is 4. The minimum absolute atomic E-state index is 0.713. The fraction of sp³-hybridized carbons (Fsp3) is 0.308. The minimum Gasteiger partial charge on any atom is -0.497 e. The Morgan fingerprint density at radius 2 is 2.22 bits per heavy atom. The Morgan fingerprint density at radius 1 is 1.44 bits per heavy atom. The largest absolute Gasteiger partial charge is 0.497 e. The molecule has 0 atom stereocenters. The Labute approximate surface area is 115 Å². The molecule has 0 bridgehead atoms. The van der Waals surface area contributed by atoms with E-state index in [9.17, 15) is 0 Å². The number of halogens is 1. The maximum Gasteiger partial charge on any atom is 0.120 e. The van der Waals surface area contributed by atoms with Crippen LogP contribution in [0.3, 0.4) is 0 Å². The maximum atomic E-state index is 5.19. The Kier molecular flexibility index (Phi) is 3.91. The molecule has 96 valence electrons.